The van der Waals surface area contributed by atoms with E-state index in [0.717, 1.165) is 47.7 Å². The van der Waals surface area contributed by atoms with E-state index in [1.54, 1.807) is 6.20 Å². The second-order valence-electron chi connectivity index (χ2n) is 9.80. The third-order valence-corrected chi connectivity index (χ3v) is 6.13. The highest BCUT2D eigenvalue weighted by molar-refractivity contribution is 5.81. The monoisotopic (exact) mass is 503 g/mol. The van der Waals surface area contributed by atoms with Gasteiger partial charge >= 0.3 is 0 Å². The zero-order chi connectivity index (χ0) is 26.2. The molecule has 2 aromatic carbocycles. The van der Waals surface area contributed by atoms with Crippen LogP contribution in [0.2, 0.25) is 0 Å². The number of anilines is 3. The van der Waals surface area contributed by atoms with Crippen LogP contribution in [0.3, 0.4) is 0 Å². The lowest BCUT2D eigenvalue weighted by Crippen LogP contribution is -2.46. The van der Waals surface area contributed by atoms with Gasteiger partial charge in [-0.2, -0.15) is 0 Å². The summed E-state index contributed by atoms with van der Waals surface area (Å²) >= 11 is 0. The minimum Gasteiger partial charge on any atom is -0.394 e. The fraction of sp³-hybridized carbons (Fsp3) is 0.393. The van der Waals surface area contributed by atoms with Gasteiger partial charge in [0.05, 0.1) is 12.3 Å². The Morgan fingerprint density at radius 2 is 1.95 bits per heavy atom. The Hall–Kier alpha value is -3.53. The molecule has 0 saturated carbocycles. The first kappa shape index (κ1) is 26.5. The first-order valence-corrected chi connectivity index (χ1v) is 12.8. The predicted octanol–water partition coefficient (Wildman–Crippen LogP) is 3.11. The molecule has 5 rings (SSSR count). The zero-order valence-corrected chi connectivity index (χ0v) is 21.8. The first-order chi connectivity index (χ1) is 17.9. The largest absolute Gasteiger partial charge is 0.394 e. The Morgan fingerprint density at radius 3 is 2.70 bits per heavy atom. The molecular weight excluding hydrogens is 466 g/mol. The normalized spacial score (nSPS) is 17.5. The number of hydrogen-bond donors (Lipinski definition) is 5. The number of hydrogen-bond acceptors (Lipinski definition) is 8. The number of amides is 1. The smallest absolute Gasteiger partial charge is 0.239 e. The fourth-order valence-corrected chi connectivity index (χ4v) is 4.33. The van der Waals surface area contributed by atoms with E-state index in [-0.39, 0.29) is 18.6 Å². The van der Waals surface area contributed by atoms with Crippen molar-refractivity contribution in [1.82, 2.24) is 25.5 Å². The second-order valence-corrected chi connectivity index (χ2v) is 9.80. The average Bonchev–Trinajstić information content (AvgIpc) is 2.86. The van der Waals surface area contributed by atoms with Gasteiger partial charge < -0.3 is 26.0 Å². The third kappa shape index (κ3) is 7.72. The first-order valence-electron chi connectivity index (χ1n) is 12.8. The summed E-state index contributed by atoms with van der Waals surface area (Å²) in [6.45, 7) is 6.50. The van der Waals surface area contributed by atoms with Crippen LogP contribution in [-0.2, 0) is 17.9 Å². The van der Waals surface area contributed by atoms with Crippen LogP contribution in [0.4, 0.5) is 17.3 Å². The standard InChI is InChI=1S/C28H37N7O2/c1-19(2)32-23-13-21-14-24(15-23)33-28-30-11-9-25(34-28)22-7-5-20(6-8-22)17-35(3)12-4-10-29-27(37)26(18-36)31-16-21/h5-9,11,13-15,19,26,31-32,36H,4,10,12,16-18H2,1-3H3,(H,29,37)(H,30,33,34)/t26-/m0/s1. The molecule has 2 aliphatic rings. The summed E-state index contributed by atoms with van der Waals surface area (Å²) in [5, 5.41) is 22.8. The van der Waals surface area contributed by atoms with Crippen LogP contribution in [0.5, 0.6) is 0 Å². The van der Waals surface area contributed by atoms with E-state index in [1.165, 1.54) is 5.56 Å². The lowest BCUT2D eigenvalue weighted by molar-refractivity contribution is -0.124. The van der Waals surface area contributed by atoms with Crippen LogP contribution in [-0.4, -0.2) is 64.7 Å². The van der Waals surface area contributed by atoms with Crippen molar-refractivity contribution in [1.29, 1.82) is 0 Å². The molecule has 0 spiro atoms. The molecule has 37 heavy (non-hydrogen) atoms. The van der Waals surface area contributed by atoms with Crippen LogP contribution < -0.4 is 21.3 Å². The molecule has 2 aliphatic heterocycles. The van der Waals surface area contributed by atoms with Crippen molar-refractivity contribution in [2.75, 3.05) is 37.4 Å². The number of nitrogens with one attached hydrogen (secondary N) is 4. The van der Waals surface area contributed by atoms with E-state index in [0.29, 0.717) is 19.0 Å². The number of rotatable bonds is 3. The highest BCUT2D eigenvalue weighted by Gasteiger charge is 2.17. The number of benzene rings is 2. The van der Waals surface area contributed by atoms with Crippen LogP contribution in [0.25, 0.3) is 11.3 Å². The maximum Gasteiger partial charge on any atom is 0.239 e. The number of carbonyl (C=O) groups is 1. The van der Waals surface area contributed by atoms with Crippen LogP contribution in [0, 0.1) is 0 Å². The van der Waals surface area contributed by atoms with Crippen molar-refractivity contribution in [3.8, 4) is 11.3 Å². The number of aliphatic hydroxyl groups excluding tert-OH is 1. The van der Waals surface area contributed by atoms with Gasteiger partial charge in [0, 0.05) is 48.8 Å². The van der Waals surface area contributed by atoms with E-state index in [2.05, 4.69) is 76.3 Å². The van der Waals surface area contributed by atoms with E-state index >= 15 is 0 Å². The van der Waals surface area contributed by atoms with E-state index in [1.807, 2.05) is 24.3 Å². The number of aromatic nitrogens is 2. The minimum atomic E-state index is -0.691. The Bertz CT molecular complexity index is 1180. The Balaban J connectivity index is 1.65. The van der Waals surface area contributed by atoms with Crippen molar-refractivity contribution in [3.05, 3.63) is 65.9 Å². The minimum absolute atomic E-state index is 0.202. The molecule has 3 aromatic rings. The molecule has 0 unspecified atom stereocenters. The van der Waals surface area contributed by atoms with Crippen LogP contribution in [0.15, 0.2) is 54.7 Å². The summed E-state index contributed by atoms with van der Waals surface area (Å²) in [6, 6.07) is 15.9. The highest BCUT2D eigenvalue weighted by Crippen LogP contribution is 2.24. The molecule has 1 atom stereocenters. The molecule has 6 bridgehead atoms. The SMILES string of the molecule is CC(C)Nc1cc2cc(c1)Nc1nccc(n1)-c1ccc(cc1)CN(C)CCCNC(=O)[C@H](CO)NC2. The lowest BCUT2D eigenvalue weighted by Gasteiger charge is -2.19. The molecule has 5 N–H and O–H groups in total. The molecule has 0 aliphatic carbocycles. The summed E-state index contributed by atoms with van der Waals surface area (Å²) < 4.78 is 0. The van der Waals surface area contributed by atoms with E-state index in [4.69, 9.17) is 4.98 Å². The van der Waals surface area contributed by atoms with Gasteiger partial charge in [-0.3, -0.25) is 10.1 Å². The molecule has 1 aromatic heterocycles. The maximum atomic E-state index is 12.7. The number of carbonyl (C=O) groups excluding carboxylic acids is 1. The molecule has 0 radical (unpaired) electrons. The summed E-state index contributed by atoms with van der Waals surface area (Å²) in [7, 11) is 2.07. The molecule has 0 saturated heterocycles. The van der Waals surface area contributed by atoms with Gasteiger partial charge in [0.2, 0.25) is 11.9 Å². The van der Waals surface area contributed by atoms with Crippen LogP contribution >= 0.6 is 0 Å². The van der Waals surface area contributed by atoms with E-state index < -0.39 is 6.04 Å². The number of aliphatic hydroxyl groups is 1. The van der Waals surface area contributed by atoms with Gasteiger partial charge in [0.25, 0.3) is 0 Å². The summed E-state index contributed by atoms with van der Waals surface area (Å²) in [6.07, 6.45) is 2.57. The van der Waals surface area contributed by atoms with Crippen molar-refractivity contribution in [3.63, 3.8) is 0 Å². The van der Waals surface area contributed by atoms with E-state index in [9.17, 15) is 9.90 Å². The predicted molar refractivity (Wildman–Crippen MR) is 148 cm³/mol. The van der Waals surface area contributed by atoms with Gasteiger partial charge in [0.1, 0.15) is 6.04 Å². The van der Waals surface area contributed by atoms with Gasteiger partial charge in [-0.25, -0.2) is 9.97 Å². The average molecular weight is 504 g/mol. The van der Waals surface area contributed by atoms with Gasteiger partial charge in [-0.15, -0.1) is 0 Å². The third-order valence-electron chi connectivity index (χ3n) is 6.13. The van der Waals surface area contributed by atoms with Crippen molar-refractivity contribution in [2.45, 2.75) is 45.4 Å². The number of nitrogens with zero attached hydrogens (tertiary/aromatic N) is 3. The van der Waals surface area contributed by atoms with Gasteiger partial charge in [0.15, 0.2) is 0 Å². The molecule has 196 valence electrons. The van der Waals surface area contributed by atoms with Crippen LogP contribution in [0.1, 0.15) is 31.4 Å². The summed E-state index contributed by atoms with van der Waals surface area (Å²) in [4.78, 5) is 24.1. The number of fused-ring (bicyclic) bond motifs is 11. The highest BCUT2D eigenvalue weighted by atomic mass is 16.3. The summed E-state index contributed by atoms with van der Waals surface area (Å²) in [5.41, 5.74) is 5.81. The molecule has 1 amide bonds. The molecule has 9 nitrogen and oxygen atoms in total. The molecular formula is C28H37N7O2. The second kappa shape index (κ2) is 12.6. The lowest BCUT2D eigenvalue weighted by atomic mass is 10.1. The van der Waals surface area contributed by atoms with Crippen molar-refractivity contribution >= 4 is 23.2 Å². The van der Waals surface area contributed by atoms with Crippen molar-refractivity contribution in [2.24, 2.45) is 0 Å². The summed E-state index contributed by atoms with van der Waals surface area (Å²) in [5.74, 6) is 0.298. The van der Waals surface area contributed by atoms with Gasteiger partial charge in [-0.05, 0) is 69.3 Å². The quantitative estimate of drug-likeness (QED) is 0.371. The topological polar surface area (TPSA) is 114 Å². The Morgan fingerprint density at radius 1 is 1.14 bits per heavy atom. The molecule has 0 fully saturated rings. The fourth-order valence-electron chi connectivity index (χ4n) is 4.33. The molecule has 3 heterocycles. The Labute approximate surface area is 218 Å². The Kier molecular flexibility index (Phi) is 9.05. The van der Waals surface area contributed by atoms with Gasteiger partial charge in [-0.1, -0.05) is 24.3 Å². The molecule has 9 heteroatoms. The zero-order valence-electron chi connectivity index (χ0n) is 21.8. The van der Waals surface area contributed by atoms with Crippen molar-refractivity contribution < 1.29 is 9.90 Å². The maximum absolute atomic E-state index is 12.7.